The first-order valence-electron chi connectivity index (χ1n) is 8.80. The second-order valence-corrected chi connectivity index (χ2v) is 6.91. The molecule has 146 valence electrons. The molecule has 0 bridgehead atoms. The van der Waals surface area contributed by atoms with Crippen molar-refractivity contribution in [3.63, 3.8) is 0 Å². The highest BCUT2D eigenvalue weighted by molar-refractivity contribution is 5.94. The van der Waals surface area contributed by atoms with Gasteiger partial charge in [0, 0.05) is 37.5 Å². The number of benzene rings is 1. The van der Waals surface area contributed by atoms with Crippen LogP contribution in [0.1, 0.15) is 22.0 Å². The summed E-state index contributed by atoms with van der Waals surface area (Å²) in [5.41, 5.74) is 1.18. The predicted molar refractivity (Wildman–Crippen MR) is 98.2 cm³/mol. The van der Waals surface area contributed by atoms with Gasteiger partial charge in [-0.2, -0.15) is 5.10 Å². The van der Waals surface area contributed by atoms with Crippen LogP contribution in [0.25, 0.3) is 0 Å². The van der Waals surface area contributed by atoms with Gasteiger partial charge in [0.05, 0.1) is 32.1 Å². The Hall–Kier alpha value is -2.45. The molecule has 0 aliphatic carbocycles. The molecule has 0 radical (unpaired) electrons. The summed E-state index contributed by atoms with van der Waals surface area (Å²) in [6.07, 6.45) is 3.43. The van der Waals surface area contributed by atoms with E-state index in [1.54, 1.807) is 21.8 Å². The van der Waals surface area contributed by atoms with Crippen molar-refractivity contribution in [2.24, 2.45) is 7.05 Å². The Labute approximate surface area is 158 Å². The Morgan fingerprint density at radius 2 is 2.22 bits per heavy atom. The Balaban J connectivity index is 1.95. The summed E-state index contributed by atoms with van der Waals surface area (Å²) in [6, 6.07) is 3.98. The Morgan fingerprint density at radius 1 is 1.44 bits per heavy atom. The van der Waals surface area contributed by atoms with Crippen LogP contribution in [-0.4, -0.2) is 72.5 Å². The molecule has 0 unspecified atom stereocenters. The van der Waals surface area contributed by atoms with E-state index in [0.717, 1.165) is 5.56 Å². The molecular formula is C19H25FN4O3. The van der Waals surface area contributed by atoms with Gasteiger partial charge in [0.25, 0.3) is 5.91 Å². The van der Waals surface area contributed by atoms with E-state index < -0.39 is 5.82 Å². The van der Waals surface area contributed by atoms with Crippen molar-refractivity contribution in [2.75, 3.05) is 40.9 Å². The SMILES string of the molecule is COc1ccc(C(=O)N2CCO[C@@H](CN(C)C)[C@@H]2c2cnn(C)c2)cc1F. The number of likely N-dealkylation sites (N-methyl/N-ethyl adjacent to an activating group) is 1. The summed E-state index contributed by atoms with van der Waals surface area (Å²) in [4.78, 5) is 17.0. The third-order valence-electron chi connectivity index (χ3n) is 4.62. The van der Waals surface area contributed by atoms with Crippen molar-refractivity contribution in [3.8, 4) is 5.75 Å². The smallest absolute Gasteiger partial charge is 0.254 e. The average Bonchev–Trinajstić information content (AvgIpc) is 3.06. The van der Waals surface area contributed by atoms with Gasteiger partial charge >= 0.3 is 0 Å². The molecule has 0 saturated carbocycles. The summed E-state index contributed by atoms with van der Waals surface area (Å²) in [5, 5.41) is 4.24. The highest BCUT2D eigenvalue weighted by atomic mass is 19.1. The van der Waals surface area contributed by atoms with Gasteiger partial charge in [0.15, 0.2) is 11.6 Å². The van der Waals surface area contributed by atoms with E-state index in [1.165, 1.54) is 19.2 Å². The lowest BCUT2D eigenvalue weighted by molar-refractivity contribution is -0.0684. The van der Waals surface area contributed by atoms with Gasteiger partial charge in [0.2, 0.25) is 0 Å². The zero-order chi connectivity index (χ0) is 19.6. The van der Waals surface area contributed by atoms with Crippen molar-refractivity contribution in [2.45, 2.75) is 12.1 Å². The van der Waals surface area contributed by atoms with E-state index in [-0.39, 0.29) is 29.4 Å². The van der Waals surface area contributed by atoms with E-state index in [0.29, 0.717) is 19.7 Å². The van der Waals surface area contributed by atoms with Gasteiger partial charge < -0.3 is 19.3 Å². The molecule has 1 fully saturated rings. The largest absolute Gasteiger partial charge is 0.494 e. The molecule has 3 rings (SSSR count). The lowest BCUT2D eigenvalue weighted by atomic mass is 9.99. The Bertz CT molecular complexity index is 808. The standard InChI is InChI=1S/C19H25FN4O3/c1-22(2)12-17-18(14-10-21-23(3)11-14)24(7-8-27-17)19(25)13-5-6-16(26-4)15(20)9-13/h5-6,9-11,17-18H,7-8,12H2,1-4H3/t17-,18-/m0/s1. The van der Waals surface area contributed by atoms with Gasteiger partial charge in [-0.25, -0.2) is 4.39 Å². The molecule has 1 amide bonds. The van der Waals surface area contributed by atoms with Crippen LogP contribution in [0.4, 0.5) is 4.39 Å². The van der Waals surface area contributed by atoms with E-state index in [4.69, 9.17) is 9.47 Å². The van der Waals surface area contributed by atoms with Crippen LogP contribution in [-0.2, 0) is 11.8 Å². The number of carbonyl (C=O) groups excluding carboxylic acids is 1. The second-order valence-electron chi connectivity index (χ2n) is 6.91. The molecule has 1 saturated heterocycles. The van der Waals surface area contributed by atoms with Crippen LogP contribution >= 0.6 is 0 Å². The Morgan fingerprint density at radius 3 is 2.81 bits per heavy atom. The van der Waals surface area contributed by atoms with Crippen LogP contribution in [0.2, 0.25) is 0 Å². The molecule has 2 heterocycles. The maximum atomic E-state index is 14.1. The number of ether oxygens (including phenoxy) is 2. The molecule has 27 heavy (non-hydrogen) atoms. The van der Waals surface area contributed by atoms with Crippen LogP contribution in [0.3, 0.4) is 0 Å². The number of aromatic nitrogens is 2. The molecule has 1 aromatic heterocycles. The molecule has 0 spiro atoms. The molecule has 8 heteroatoms. The average molecular weight is 376 g/mol. The summed E-state index contributed by atoms with van der Waals surface area (Å²) in [5.74, 6) is -0.681. The number of carbonyl (C=O) groups is 1. The normalized spacial score (nSPS) is 20.1. The minimum absolute atomic E-state index is 0.114. The number of halogens is 1. The van der Waals surface area contributed by atoms with Crippen LogP contribution in [0, 0.1) is 5.82 Å². The van der Waals surface area contributed by atoms with Crippen molar-refractivity contribution >= 4 is 5.91 Å². The van der Waals surface area contributed by atoms with E-state index in [9.17, 15) is 9.18 Å². The minimum Gasteiger partial charge on any atom is -0.494 e. The van der Waals surface area contributed by atoms with Gasteiger partial charge in [-0.05, 0) is 32.3 Å². The zero-order valence-electron chi connectivity index (χ0n) is 16.1. The summed E-state index contributed by atoms with van der Waals surface area (Å²) >= 11 is 0. The summed E-state index contributed by atoms with van der Waals surface area (Å²) in [6.45, 7) is 1.51. The quantitative estimate of drug-likeness (QED) is 0.795. The predicted octanol–water partition coefficient (Wildman–Crippen LogP) is 1.71. The maximum Gasteiger partial charge on any atom is 0.254 e. The summed E-state index contributed by atoms with van der Waals surface area (Å²) in [7, 11) is 7.15. The van der Waals surface area contributed by atoms with Crippen LogP contribution in [0.15, 0.2) is 30.6 Å². The lowest BCUT2D eigenvalue weighted by Gasteiger charge is -2.41. The van der Waals surface area contributed by atoms with Gasteiger partial charge in [-0.1, -0.05) is 0 Å². The number of methoxy groups -OCH3 is 1. The third-order valence-corrected chi connectivity index (χ3v) is 4.62. The molecule has 1 aromatic carbocycles. The topological polar surface area (TPSA) is 59.8 Å². The summed E-state index contributed by atoms with van der Waals surface area (Å²) < 4.78 is 26.7. The first-order valence-corrected chi connectivity index (χ1v) is 8.80. The number of hydrogen-bond acceptors (Lipinski definition) is 5. The van der Waals surface area contributed by atoms with E-state index >= 15 is 0 Å². The van der Waals surface area contributed by atoms with Crippen molar-refractivity contribution in [1.82, 2.24) is 19.6 Å². The molecule has 1 aliphatic rings. The second kappa shape index (κ2) is 8.06. The van der Waals surface area contributed by atoms with Crippen molar-refractivity contribution in [1.29, 1.82) is 0 Å². The number of aryl methyl sites for hydroxylation is 1. The monoisotopic (exact) mass is 376 g/mol. The molecule has 7 nitrogen and oxygen atoms in total. The molecular weight excluding hydrogens is 351 g/mol. The molecule has 1 aliphatic heterocycles. The fourth-order valence-electron chi connectivity index (χ4n) is 3.43. The number of hydrogen-bond donors (Lipinski definition) is 0. The Kier molecular flexibility index (Phi) is 5.76. The first-order chi connectivity index (χ1) is 12.9. The van der Waals surface area contributed by atoms with Crippen molar-refractivity contribution in [3.05, 3.63) is 47.5 Å². The highest BCUT2D eigenvalue weighted by Gasteiger charge is 2.37. The first kappa shape index (κ1) is 19.3. The number of nitrogens with zero attached hydrogens (tertiary/aromatic N) is 4. The highest BCUT2D eigenvalue weighted by Crippen LogP contribution is 2.31. The number of rotatable bonds is 5. The fraction of sp³-hybridized carbons (Fsp3) is 0.474. The van der Waals surface area contributed by atoms with Gasteiger partial charge in [-0.15, -0.1) is 0 Å². The fourth-order valence-corrected chi connectivity index (χ4v) is 3.43. The van der Waals surface area contributed by atoms with Gasteiger partial charge in [0.1, 0.15) is 0 Å². The van der Waals surface area contributed by atoms with E-state index in [1.807, 2.05) is 32.2 Å². The van der Waals surface area contributed by atoms with E-state index in [2.05, 4.69) is 5.10 Å². The molecule has 0 N–H and O–H groups in total. The van der Waals surface area contributed by atoms with Crippen molar-refractivity contribution < 1.29 is 18.7 Å². The third kappa shape index (κ3) is 4.12. The van der Waals surface area contributed by atoms with Gasteiger partial charge in [-0.3, -0.25) is 9.48 Å². The zero-order valence-corrected chi connectivity index (χ0v) is 16.1. The maximum absolute atomic E-state index is 14.1. The number of amides is 1. The molecule has 2 atom stereocenters. The van der Waals surface area contributed by atoms with Crippen LogP contribution in [0.5, 0.6) is 5.75 Å². The number of morpholine rings is 1. The molecule has 2 aromatic rings. The lowest BCUT2D eigenvalue weighted by Crippen LogP contribution is -2.51. The van der Waals surface area contributed by atoms with Crippen LogP contribution < -0.4 is 4.74 Å². The minimum atomic E-state index is -0.556.